The van der Waals surface area contributed by atoms with Gasteiger partial charge in [-0.25, -0.2) is 29.0 Å². The van der Waals surface area contributed by atoms with Crippen LogP contribution in [0.4, 0.5) is 9.59 Å². The number of ether oxygens (including phenoxy) is 6. The Morgan fingerprint density at radius 1 is 0.537 bits per heavy atom. The number of hydrogen-bond acceptors (Lipinski definition) is 16. The van der Waals surface area contributed by atoms with Crippen molar-refractivity contribution in [3.63, 3.8) is 0 Å². The molecule has 0 saturated heterocycles. The van der Waals surface area contributed by atoms with Crippen LogP contribution in [0, 0.1) is 0 Å². The van der Waals surface area contributed by atoms with E-state index in [1.165, 1.54) is 64.8 Å². The number of carbonyl (C=O) groups is 4. The molecule has 224 valence electrons. The summed E-state index contributed by atoms with van der Waals surface area (Å²) in [6.07, 6.45) is -1.29. The van der Waals surface area contributed by atoms with E-state index in [2.05, 4.69) is 29.6 Å². The summed E-state index contributed by atoms with van der Waals surface area (Å²) in [7, 11) is 5.58. The second kappa shape index (κ2) is 17.6. The van der Waals surface area contributed by atoms with Crippen LogP contribution in [0.2, 0.25) is 0 Å². The van der Waals surface area contributed by atoms with Gasteiger partial charge in [-0.1, -0.05) is 0 Å². The molecule has 0 atom stereocenters. The molecule has 0 N–H and O–H groups in total. The van der Waals surface area contributed by atoms with Gasteiger partial charge in [0.25, 0.3) is 0 Å². The van der Waals surface area contributed by atoms with Crippen LogP contribution >= 0.6 is 0 Å². The van der Waals surface area contributed by atoms with Gasteiger partial charge in [0.05, 0.1) is 51.7 Å². The third-order valence-electron chi connectivity index (χ3n) is 4.91. The minimum absolute atomic E-state index is 0.00169. The Morgan fingerprint density at radius 2 is 0.951 bits per heavy atom. The van der Waals surface area contributed by atoms with E-state index in [9.17, 15) is 19.2 Å². The maximum atomic E-state index is 12.0. The molecule has 0 fully saturated rings. The summed E-state index contributed by atoms with van der Waals surface area (Å²) >= 11 is 0. The maximum Gasteiger partial charge on any atom is 0.543 e. The van der Waals surface area contributed by atoms with Gasteiger partial charge in [-0.05, 0) is 43.5 Å². The molecule has 0 bridgehead atoms. The van der Waals surface area contributed by atoms with Gasteiger partial charge in [0.1, 0.15) is 34.1 Å². The minimum atomic E-state index is -1.25. The quantitative estimate of drug-likeness (QED) is 0.120. The van der Waals surface area contributed by atoms with Crippen molar-refractivity contribution in [1.29, 1.82) is 0 Å². The molecule has 0 saturated carbocycles. The number of methoxy groups -OCH3 is 4. The average molecular weight is 584 g/mol. The second-order valence-corrected chi connectivity index (χ2v) is 7.43. The first-order valence-corrected chi connectivity index (χ1v) is 11.7. The van der Waals surface area contributed by atoms with Crippen molar-refractivity contribution in [3.05, 3.63) is 47.5 Å². The van der Waals surface area contributed by atoms with Gasteiger partial charge in [-0.3, -0.25) is 9.78 Å². The van der Waals surface area contributed by atoms with Gasteiger partial charge in [-0.15, -0.1) is 0 Å². The van der Waals surface area contributed by atoms with Gasteiger partial charge in [-0.2, -0.15) is 0 Å². The van der Waals surface area contributed by atoms with Crippen molar-refractivity contribution < 1.29 is 77.2 Å². The molecule has 0 unspecified atom stereocenters. The molecule has 0 aromatic heterocycles. The molecular formula is C25H28O16. The number of rotatable bonds is 16. The monoisotopic (exact) mass is 584 g/mol. The molecule has 2 aromatic carbocycles. The fourth-order valence-corrected chi connectivity index (χ4v) is 2.92. The number of benzene rings is 2. The van der Waals surface area contributed by atoms with E-state index in [1.807, 2.05) is 0 Å². The van der Waals surface area contributed by atoms with Crippen LogP contribution in [0.3, 0.4) is 0 Å². The largest absolute Gasteiger partial charge is 0.543 e. The van der Waals surface area contributed by atoms with Gasteiger partial charge in [0.2, 0.25) is 0 Å². The highest BCUT2D eigenvalue weighted by Crippen LogP contribution is 2.26. The Bertz CT molecular complexity index is 1070. The maximum absolute atomic E-state index is 12.0. The molecule has 0 radical (unpaired) electrons. The molecule has 16 heteroatoms. The molecule has 2 rings (SSSR count). The third-order valence-corrected chi connectivity index (χ3v) is 4.91. The van der Waals surface area contributed by atoms with Crippen LogP contribution in [0.5, 0.6) is 23.0 Å². The lowest BCUT2D eigenvalue weighted by molar-refractivity contribution is -0.452. The zero-order valence-electron chi connectivity index (χ0n) is 22.5. The predicted molar refractivity (Wildman–Crippen MR) is 131 cm³/mol. The fraction of sp³-hybridized carbons (Fsp3) is 0.360. The Labute approximate surface area is 233 Å². The van der Waals surface area contributed by atoms with E-state index in [0.29, 0.717) is 30.8 Å². The molecule has 0 aliphatic carbocycles. The van der Waals surface area contributed by atoms with Gasteiger partial charge in [0.15, 0.2) is 0 Å². The number of hydrogen-bond donors (Lipinski definition) is 0. The second-order valence-electron chi connectivity index (χ2n) is 7.43. The molecular weight excluding hydrogens is 556 g/mol. The highest BCUT2D eigenvalue weighted by Gasteiger charge is 2.19. The van der Waals surface area contributed by atoms with E-state index in [-0.39, 0.29) is 35.8 Å². The Kier molecular flexibility index (Phi) is 13.8. The van der Waals surface area contributed by atoms with Crippen LogP contribution < -0.4 is 18.9 Å². The van der Waals surface area contributed by atoms with Gasteiger partial charge < -0.3 is 28.4 Å². The first-order chi connectivity index (χ1) is 19.8. The summed E-state index contributed by atoms with van der Waals surface area (Å²) in [5.74, 6) is -0.775. The molecule has 0 spiro atoms. The van der Waals surface area contributed by atoms with Crippen molar-refractivity contribution in [2.45, 2.75) is 19.3 Å². The number of unbranched alkanes of at least 4 members (excludes halogenated alkanes) is 2. The SMILES string of the molecule is COc1ccc(C(=O)OOOC(=O)OCCCCCOC(=O)OOOC(=O)c2ccc(OC)cc2OC)c(OC)c1. The number of carbonyl (C=O) groups excluding carboxylic acids is 4. The van der Waals surface area contributed by atoms with Crippen molar-refractivity contribution in [1.82, 2.24) is 0 Å². The van der Waals surface area contributed by atoms with Gasteiger partial charge >= 0.3 is 24.2 Å². The average Bonchev–Trinajstić information content (AvgIpc) is 2.99. The highest BCUT2D eigenvalue weighted by molar-refractivity contribution is 5.93. The van der Waals surface area contributed by atoms with Crippen molar-refractivity contribution >= 4 is 24.2 Å². The minimum Gasteiger partial charge on any atom is -0.497 e. The molecule has 0 amide bonds. The topological polar surface area (TPSA) is 179 Å². The fourth-order valence-electron chi connectivity index (χ4n) is 2.92. The molecule has 0 heterocycles. The summed E-state index contributed by atoms with van der Waals surface area (Å²) in [5, 5.41) is 8.29. The van der Waals surface area contributed by atoms with Crippen LogP contribution in [0.15, 0.2) is 36.4 Å². The lowest BCUT2D eigenvalue weighted by Gasteiger charge is -2.09. The van der Waals surface area contributed by atoms with Crippen molar-refractivity contribution in [2.75, 3.05) is 41.7 Å². The normalized spacial score (nSPS) is 10.0. The zero-order valence-corrected chi connectivity index (χ0v) is 22.5. The molecule has 41 heavy (non-hydrogen) atoms. The first-order valence-electron chi connectivity index (χ1n) is 11.7. The highest BCUT2D eigenvalue weighted by atomic mass is 17.5. The standard InChI is InChI=1S/C25H28O16/c1-30-16-8-10-18(20(14-16)32-3)22(26)36-40-38-24(28)34-12-6-5-7-13-35-25(29)39-41-37-23(27)19-11-9-17(31-2)15-21(19)33-4/h8-11,14-15H,5-7,12-13H2,1-4H3. The van der Waals surface area contributed by atoms with Crippen LogP contribution in [0.1, 0.15) is 40.0 Å². The summed E-state index contributed by atoms with van der Waals surface area (Å²) < 4.78 is 29.7. The molecule has 16 nitrogen and oxygen atoms in total. The Balaban J connectivity index is 1.51. The lowest BCUT2D eigenvalue weighted by Crippen LogP contribution is -2.14. The third kappa shape index (κ3) is 11.0. The van der Waals surface area contributed by atoms with Crippen molar-refractivity contribution in [3.8, 4) is 23.0 Å². The summed E-state index contributed by atoms with van der Waals surface area (Å²) in [6, 6.07) is 8.63. The summed E-state index contributed by atoms with van der Waals surface area (Å²) in [5.41, 5.74) is -0.00339. The smallest absolute Gasteiger partial charge is 0.497 e. The van der Waals surface area contributed by atoms with E-state index in [1.54, 1.807) is 0 Å². The predicted octanol–water partition coefficient (Wildman–Crippen LogP) is 3.90. The zero-order chi connectivity index (χ0) is 30.0. The Hall–Kier alpha value is -4.96. The summed E-state index contributed by atoms with van der Waals surface area (Å²) in [4.78, 5) is 64.2. The molecule has 2 aromatic rings. The van der Waals surface area contributed by atoms with Crippen LogP contribution in [0.25, 0.3) is 0 Å². The van der Waals surface area contributed by atoms with Crippen LogP contribution in [-0.4, -0.2) is 65.9 Å². The first kappa shape index (κ1) is 32.3. The summed E-state index contributed by atoms with van der Waals surface area (Å²) in [6.45, 7) is -0.137. The van der Waals surface area contributed by atoms with E-state index in [4.69, 9.17) is 28.4 Å². The van der Waals surface area contributed by atoms with E-state index >= 15 is 0 Å². The van der Waals surface area contributed by atoms with E-state index in [0.717, 1.165) is 0 Å². The molecule has 0 aliphatic heterocycles. The lowest BCUT2D eigenvalue weighted by atomic mass is 10.2. The van der Waals surface area contributed by atoms with Crippen molar-refractivity contribution in [2.24, 2.45) is 0 Å². The molecule has 0 aliphatic rings. The van der Waals surface area contributed by atoms with E-state index < -0.39 is 24.2 Å². The van der Waals surface area contributed by atoms with Crippen LogP contribution in [-0.2, 0) is 39.1 Å². The van der Waals surface area contributed by atoms with Gasteiger partial charge in [0, 0.05) is 12.1 Å². The Morgan fingerprint density at radius 3 is 1.32 bits per heavy atom.